The third-order valence-corrected chi connectivity index (χ3v) is 4.58. The lowest BCUT2D eigenvalue weighted by molar-refractivity contribution is 0.0779. The second kappa shape index (κ2) is 8.18. The summed E-state index contributed by atoms with van der Waals surface area (Å²) < 4.78 is 10.7. The van der Waals surface area contributed by atoms with Gasteiger partial charge in [-0.25, -0.2) is 9.97 Å². The number of amides is 1. The van der Waals surface area contributed by atoms with Crippen molar-refractivity contribution in [1.29, 1.82) is 0 Å². The van der Waals surface area contributed by atoms with Crippen molar-refractivity contribution in [2.24, 2.45) is 0 Å². The van der Waals surface area contributed by atoms with E-state index in [1.807, 2.05) is 48.5 Å². The van der Waals surface area contributed by atoms with Crippen molar-refractivity contribution in [2.75, 3.05) is 19.2 Å². The van der Waals surface area contributed by atoms with E-state index in [4.69, 9.17) is 9.47 Å². The van der Waals surface area contributed by atoms with Crippen LogP contribution in [0.3, 0.4) is 0 Å². The molecule has 1 aromatic heterocycles. The molecule has 0 saturated carbocycles. The molecule has 0 spiro atoms. The molecule has 1 amide bonds. The average Bonchev–Trinajstić information content (AvgIpc) is 3.20. The first-order valence-electron chi connectivity index (χ1n) is 9.36. The van der Waals surface area contributed by atoms with E-state index < -0.39 is 0 Å². The molecule has 3 aromatic rings. The van der Waals surface area contributed by atoms with E-state index in [-0.39, 0.29) is 12.7 Å². The highest BCUT2D eigenvalue weighted by Gasteiger charge is 2.16. The highest BCUT2D eigenvalue weighted by Crippen LogP contribution is 2.32. The van der Waals surface area contributed by atoms with Crippen molar-refractivity contribution in [3.8, 4) is 11.5 Å². The van der Waals surface area contributed by atoms with Crippen LogP contribution in [0.4, 0.5) is 5.82 Å². The number of hydrogen-bond acceptors (Lipinski definition) is 6. The zero-order chi connectivity index (χ0) is 20.2. The molecule has 0 unspecified atom stereocenters. The molecule has 0 atom stereocenters. The first-order valence-corrected chi connectivity index (χ1v) is 9.36. The number of ether oxygens (including phenoxy) is 2. The molecule has 0 bridgehead atoms. The van der Waals surface area contributed by atoms with E-state index in [9.17, 15) is 4.79 Å². The molecule has 0 radical (unpaired) electrons. The second-order valence-corrected chi connectivity index (χ2v) is 6.87. The molecule has 1 aliphatic rings. The number of nitrogens with one attached hydrogen (secondary N) is 1. The first kappa shape index (κ1) is 18.7. The summed E-state index contributed by atoms with van der Waals surface area (Å²) >= 11 is 0. The molecule has 2 heterocycles. The van der Waals surface area contributed by atoms with Crippen LogP contribution in [0.1, 0.15) is 27.4 Å². The Bertz CT molecular complexity index is 1020. The number of aromatic nitrogens is 2. The molecule has 29 heavy (non-hydrogen) atoms. The average molecular weight is 390 g/mol. The Morgan fingerprint density at radius 1 is 1.03 bits per heavy atom. The number of carbonyl (C=O) groups is 1. The molecular weight excluding hydrogens is 368 g/mol. The standard InChI is InChI=1S/C22H22N4O3/c1-15-24-18(22(27)26(2)13-16-6-4-3-5-7-16)11-21(25-15)23-12-17-8-9-19-20(10-17)29-14-28-19/h3-11H,12-14H2,1-2H3,(H,23,24,25). The third kappa shape index (κ3) is 4.45. The van der Waals surface area contributed by atoms with Crippen molar-refractivity contribution < 1.29 is 14.3 Å². The van der Waals surface area contributed by atoms with Gasteiger partial charge in [-0.05, 0) is 30.2 Å². The van der Waals surface area contributed by atoms with Gasteiger partial charge in [-0.15, -0.1) is 0 Å². The zero-order valence-electron chi connectivity index (χ0n) is 16.4. The topological polar surface area (TPSA) is 76.6 Å². The Hall–Kier alpha value is -3.61. The largest absolute Gasteiger partial charge is 0.454 e. The van der Waals surface area contributed by atoms with Gasteiger partial charge in [-0.2, -0.15) is 0 Å². The minimum absolute atomic E-state index is 0.148. The number of aryl methyl sites for hydroxylation is 1. The second-order valence-electron chi connectivity index (χ2n) is 6.87. The van der Waals surface area contributed by atoms with Crippen LogP contribution in [-0.2, 0) is 13.1 Å². The van der Waals surface area contributed by atoms with Gasteiger partial charge in [-0.1, -0.05) is 36.4 Å². The summed E-state index contributed by atoms with van der Waals surface area (Å²) in [6.07, 6.45) is 0. The van der Waals surface area contributed by atoms with E-state index in [0.29, 0.717) is 30.4 Å². The molecular formula is C22H22N4O3. The molecule has 1 N–H and O–H groups in total. The minimum Gasteiger partial charge on any atom is -0.454 e. The molecule has 1 aliphatic heterocycles. The van der Waals surface area contributed by atoms with Gasteiger partial charge in [0.25, 0.3) is 5.91 Å². The smallest absolute Gasteiger partial charge is 0.272 e. The SMILES string of the molecule is Cc1nc(NCc2ccc3c(c2)OCO3)cc(C(=O)N(C)Cc2ccccc2)n1. The number of nitrogens with zero attached hydrogens (tertiary/aromatic N) is 3. The fourth-order valence-corrected chi connectivity index (χ4v) is 3.14. The molecule has 0 fully saturated rings. The van der Waals surface area contributed by atoms with Gasteiger partial charge in [0, 0.05) is 26.2 Å². The number of carbonyl (C=O) groups excluding carboxylic acids is 1. The van der Waals surface area contributed by atoms with E-state index >= 15 is 0 Å². The zero-order valence-corrected chi connectivity index (χ0v) is 16.4. The van der Waals surface area contributed by atoms with Gasteiger partial charge in [0.05, 0.1) is 0 Å². The molecule has 4 rings (SSSR count). The quantitative estimate of drug-likeness (QED) is 0.695. The Morgan fingerprint density at radius 3 is 2.66 bits per heavy atom. The van der Waals surface area contributed by atoms with Gasteiger partial charge < -0.3 is 19.7 Å². The summed E-state index contributed by atoms with van der Waals surface area (Å²) in [5.41, 5.74) is 2.46. The monoisotopic (exact) mass is 390 g/mol. The molecule has 7 nitrogen and oxygen atoms in total. The van der Waals surface area contributed by atoms with Gasteiger partial charge in [0.2, 0.25) is 6.79 Å². The van der Waals surface area contributed by atoms with Crippen LogP contribution in [0.15, 0.2) is 54.6 Å². The maximum Gasteiger partial charge on any atom is 0.272 e. The van der Waals surface area contributed by atoms with Gasteiger partial charge >= 0.3 is 0 Å². The van der Waals surface area contributed by atoms with Crippen LogP contribution in [-0.4, -0.2) is 34.6 Å². The molecule has 7 heteroatoms. The molecule has 148 valence electrons. The predicted octanol–water partition coefficient (Wildman–Crippen LogP) is 3.40. The van der Waals surface area contributed by atoms with Crippen LogP contribution < -0.4 is 14.8 Å². The molecule has 0 saturated heterocycles. The lowest BCUT2D eigenvalue weighted by atomic mass is 10.2. The van der Waals surface area contributed by atoms with Crippen LogP contribution in [0, 0.1) is 6.92 Å². The third-order valence-electron chi connectivity index (χ3n) is 4.58. The fourth-order valence-electron chi connectivity index (χ4n) is 3.14. The number of benzene rings is 2. The highest BCUT2D eigenvalue weighted by molar-refractivity contribution is 5.92. The van der Waals surface area contributed by atoms with Crippen molar-refractivity contribution >= 4 is 11.7 Å². The van der Waals surface area contributed by atoms with Crippen LogP contribution in [0.2, 0.25) is 0 Å². The van der Waals surface area contributed by atoms with Crippen LogP contribution in [0.25, 0.3) is 0 Å². The van der Waals surface area contributed by atoms with Gasteiger partial charge in [0.15, 0.2) is 11.5 Å². The van der Waals surface area contributed by atoms with E-state index in [2.05, 4.69) is 15.3 Å². The Morgan fingerprint density at radius 2 is 1.83 bits per heavy atom. The van der Waals surface area contributed by atoms with E-state index in [0.717, 1.165) is 22.6 Å². The lowest BCUT2D eigenvalue weighted by Crippen LogP contribution is -2.27. The number of fused-ring (bicyclic) bond motifs is 1. The normalized spacial score (nSPS) is 11.9. The summed E-state index contributed by atoms with van der Waals surface area (Å²) in [6, 6.07) is 17.3. The van der Waals surface area contributed by atoms with Crippen molar-refractivity contribution in [3.63, 3.8) is 0 Å². The first-order chi connectivity index (χ1) is 14.1. The number of rotatable bonds is 6. The van der Waals surface area contributed by atoms with E-state index in [1.165, 1.54) is 0 Å². The minimum atomic E-state index is -0.148. The van der Waals surface area contributed by atoms with Crippen molar-refractivity contribution in [1.82, 2.24) is 14.9 Å². The Balaban J connectivity index is 1.45. The Kier molecular flexibility index (Phi) is 5.29. The lowest BCUT2D eigenvalue weighted by Gasteiger charge is -2.17. The Labute approximate surface area is 169 Å². The molecule has 0 aliphatic carbocycles. The van der Waals surface area contributed by atoms with Crippen LogP contribution in [0.5, 0.6) is 11.5 Å². The fraction of sp³-hybridized carbons (Fsp3) is 0.227. The number of hydrogen-bond donors (Lipinski definition) is 1. The van der Waals surface area contributed by atoms with Gasteiger partial charge in [-0.3, -0.25) is 4.79 Å². The predicted molar refractivity (Wildman–Crippen MR) is 109 cm³/mol. The maximum absolute atomic E-state index is 12.8. The van der Waals surface area contributed by atoms with E-state index in [1.54, 1.807) is 24.9 Å². The molecule has 2 aromatic carbocycles. The maximum atomic E-state index is 12.8. The number of anilines is 1. The highest BCUT2D eigenvalue weighted by atomic mass is 16.7. The van der Waals surface area contributed by atoms with Crippen LogP contribution >= 0.6 is 0 Å². The summed E-state index contributed by atoms with van der Waals surface area (Å²) in [6.45, 7) is 3.09. The summed E-state index contributed by atoms with van der Waals surface area (Å²) in [5, 5.41) is 3.26. The summed E-state index contributed by atoms with van der Waals surface area (Å²) in [5.74, 6) is 2.48. The summed E-state index contributed by atoms with van der Waals surface area (Å²) in [7, 11) is 1.77. The van der Waals surface area contributed by atoms with Gasteiger partial charge in [0.1, 0.15) is 17.3 Å². The van der Waals surface area contributed by atoms with Crippen molar-refractivity contribution in [3.05, 3.63) is 77.2 Å². The summed E-state index contributed by atoms with van der Waals surface area (Å²) in [4.78, 5) is 23.2. The van der Waals surface area contributed by atoms with Crippen molar-refractivity contribution in [2.45, 2.75) is 20.0 Å².